The lowest BCUT2D eigenvalue weighted by atomic mass is 10.2. The SMILES string of the molecule is Nc1cc(/C=C/C=O)ccc1Cl. The molecule has 62 valence electrons. The van der Waals surface area contributed by atoms with Crippen molar-refractivity contribution >= 4 is 29.7 Å². The van der Waals surface area contributed by atoms with E-state index < -0.39 is 0 Å². The smallest absolute Gasteiger partial charge is 0.142 e. The van der Waals surface area contributed by atoms with Crippen molar-refractivity contribution in [1.29, 1.82) is 0 Å². The maximum absolute atomic E-state index is 9.99. The van der Waals surface area contributed by atoms with Crippen LogP contribution in [0.15, 0.2) is 24.3 Å². The van der Waals surface area contributed by atoms with Gasteiger partial charge in [0.15, 0.2) is 0 Å². The molecule has 0 spiro atoms. The van der Waals surface area contributed by atoms with Crippen LogP contribution in [0.25, 0.3) is 6.08 Å². The first-order chi connectivity index (χ1) is 5.74. The quantitative estimate of drug-likeness (QED) is 0.432. The van der Waals surface area contributed by atoms with Crippen molar-refractivity contribution in [3.8, 4) is 0 Å². The molecule has 0 aromatic heterocycles. The lowest BCUT2D eigenvalue weighted by Gasteiger charge is -1.97. The Labute approximate surface area is 75.6 Å². The molecule has 3 heteroatoms. The molecule has 0 fully saturated rings. The van der Waals surface area contributed by atoms with Gasteiger partial charge in [-0.1, -0.05) is 23.7 Å². The minimum Gasteiger partial charge on any atom is -0.398 e. The van der Waals surface area contributed by atoms with Crippen LogP contribution < -0.4 is 5.73 Å². The molecular weight excluding hydrogens is 174 g/mol. The van der Waals surface area contributed by atoms with E-state index in [0.29, 0.717) is 17.0 Å². The second-order valence-corrected chi connectivity index (χ2v) is 2.68. The molecule has 0 aliphatic rings. The number of aldehydes is 1. The minimum atomic E-state index is 0.518. The zero-order valence-electron chi connectivity index (χ0n) is 6.33. The highest BCUT2D eigenvalue weighted by atomic mass is 35.5. The molecule has 2 nitrogen and oxygen atoms in total. The summed E-state index contributed by atoms with van der Waals surface area (Å²) in [6.45, 7) is 0. The average molecular weight is 182 g/mol. The molecule has 1 aromatic rings. The van der Waals surface area contributed by atoms with Gasteiger partial charge in [0.05, 0.1) is 10.7 Å². The van der Waals surface area contributed by atoms with Crippen molar-refractivity contribution in [1.82, 2.24) is 0 Å². The molecule has 0 radical (unpaired) electrons. The fourth-order valence-electron chi connectivity index (χ4n) is 0.816. The number of hydrogen-bond donors (Lipinski definition) is 1. The van der Waals surface area contributed by atoms with Crippen LogP contribution in [-0.2, 0) is 4.79 Å². The Morgan fingerprint density at radius 2 is 2.17 bits per heavy atom. The van der Waals surface area contributed by atoms with Crippen molar-refractivity contribution in [2.75, 3.05) is 5.73 Å². The number of carbonyl (C=O) groups is 1. The summed E-state index contributed by atoms with van der Waals surface area (Å²) < 4.78 is 0. The lowest BCUT2D eigenvalue weighted by Crippen LogP contribution is -1.86. The van der Waals surface area contributed by atoms with E-state index in [1.165, 1.54) is 6.08 Å². The van der Waals surface area contributed by atoms with Gasteiger partial charge in [0.25, 0.3) is 0 Å². The molecule has 12 heavy (non-hydrogen) atoms. The van der Waals surface area contributed by atoms with Crippen molar-refractivity contribution < 1.29 is 4.79 Å². The van der Waals surface area contributed by atoms with E-state index in [1.807, 2.05) is 0 Å². The van der Waals surface area contributed by atoms with Crippen LogP contribution in [0, 0.1) is 0 Å². The third-order valence-electron chi connectivity index (χ3n) is 1.39. The number of nitrogen functional groups attached to an aromatic ring is 1. The van der Waals surface area contributed by atoms with E-state index in [-0.39, 0.29) is 0 Å². The van der Waals surface area contributed by atoms with Crippen LogP contribution in [0.1, 0.15) is 5.56 Å². The largest absolute Gasteiger partial charge is 0.398 e. The predicted molar refractivity (Wildman–Crippen MR) is 51.0 cm³/mol. The fraction of sp³-hybridized carbons (Fsp3) is 0. The summed E-state index contributed by atoms with van der Waals surface area (Å²) in [5.74, 6) is 0. The summed E-state index contributed by atoms with van der Waals surface area (Å²) in [5, 5.41) is 0.526. The molecule has 0 saturated heterocycles. The van der Waals surface area contributed by atoms with Gasteiger partial charge in [-0.2, -0.15) is 0 Å². The maximum Gasteiger partial charge on any atom is 0.142 e. The van der Waals surface area contributed by atoms with Crippen molar-refractivity contribution in [3.05, 3.63) is 34.9 Å². The van der Waals surface area contributed by atoms with Gasteiger partial charge in [0, 0.05) is 0 Å². The van der Waals surface area contributed by atoms with Crippen molar-refractivity contribution in [2.24, 2.45) is 0 Å². The van der Waals surface area contributed by atoms with E-state index in [9.17, 15) is 4.79 Å². The molecule has 0 bridgehead atoms. The molecule has 0 saturated carbocycles. The Morgan fingerprint density at radius 1 is 1.42 bits per heavy atom. The van der Waals surface area contributed by atoms with Crippen LogP contribution in [0.5, 0.6) is 0 Å². The highest BCUT2D eigenvalue weighted by Gasteiger charge is 1.94. The van der Waals surface area contributed by atoms with Crippen LogP contribution in [0.2, 0.25) is 5.02 Å². The summed E-state index contributed by atoms with van der Waals surface area (Å²) in [5.41, 5.74) is 6.92. The summed E-state index contributed by atoms with van der Waals surface area (Å²) in [4.78, 5) is 9.99. The zero-order chi connectivity index (χ0) is 8.97. The van der Waals surface area contributed by atoms with Gasteiger partial charge in [-0.3, -0.25) is 4.79 Å². The highest BCUT2D eigenvalue weighted by molar-refractivity contribution is 6.33. The van der Waals surface area contributed by atoms with Crippen LogP contribution >= 0.6 is 11.6 Å². The number of anilines is 1. The lowest BCUT2D eigenvalue weighted by molar-refractivity contribution is -0.104. The summed E-state index contributed by atoms with van der Waals surface area (Å²) in [6.07, 6.45) is 3.78. The van der Waals surface area contributed by atoms with Crippen molar-refractivity contribution in [3.63, 3.8) is 0 Å². The normalized spacial score (nSPS) is 10.4. The highest BCUT2D eigenvalue weighted by Crippen LogP contribution is 2.19. The molecule has 0 aliphatic carbocycles. The van der Waals surface area contributed by atoms with E-state index >= 15 is 0 Å². The summed E-state index contributed by atoms with van der Waals surface area (Å²) >= 11 is 5.70. The first-order valence-corrected chi connectivity index (χ1v) is 3.78. The van der Waals surface area contributed by atoms with Gasteiger partial charge in [-0.15, -0.1) is 0 Å². The van der Waals surface area contributed by atoms with Crippen LogP contribution in [0.4, 0.5) is 5.69 Å². The molecule has 1 aromatic carbocycles. The molecule has 2 N–H and O–H groups in total. The number of benzene rings is 1. The second kappa shape index (κ2) is 3.93. The van der Waals surface area contributed by atoms with E-state index in [2.05, 4.69) is 0 Å². The van der Waals surface area contributed by atoms with Gasteiger partial charge in [0.2, 0.25) is 0 Å². The van der Waals surface area contributed by atoms with Crippen LogP contribution in [0.3, 0.4) is 0 Å². The van der Waals surface area contributed by atoms with Gasteiger partial charge < -0.3 is 5.73 Å². The average Bonchev–Trinajstić information content (AvgIpc) is 2.07. The number of carbonyl (C=O) groups excluding carboxylic acids is 1. The maximum atomic E-state index is 9.99. The Bertz CT molecular complexity index is 320. The molecule has 0 unspecified atom stereocenters. The molecule has 0 amide bonds. The molecule has 0 heterocycles. The standard InChI is InChI=1S/C9H8ClNO/c10-8-4-3-7(2-1-5-12)6-9(8)11/h1-6H,11H2/b2-1+. The number of nitrogens with two attached hydrogens (primary N) is 1. The van der Waals surface area contributed by atoms with E-state index in [4.69, 9.17) is 17.3 Å². The first kappa shape index (κ1) is 8.81. The fourth-order valence-corrected chi connectivity index (χ4v) is 0.934. The third-order valence-corrected chi connectivity index (χ3v) is 1.73. The Hall–Kier alpha value is -1.28. The Kier molecular flexibility index (Phi) is 2.88. The predicted octanol–water partition coefficient (Wildman–Crippen LogP) is 2.13. The molecular formula is C9H8ClNO. The third kappa shape index (κ3) is 2.10. The number of allylic oxidation sites excluding steroid dienone is 1. The minimum absolute atomic E-state index is 0.518. The van der Waals surface area contributed by atoms with E-state index in [0.717, 1.165) is 5.56 Å². The number of halogens is 1. The number of rotatable bonds is 2. The van der Waals surface area contributed by atoms with Gasteiger partial charge >= 0.3 is 0 Å². The zero-order valence-corrected chi connectivity index (χ0v) is 7.08. The molecule has 0 atom stereocenters. The van der Waals surface area contributed by atoms with Gasteiger partial charge in [-0.05, 0) is 23.8 Å². The van der Waals surface area contributed by atoms with Crippen LogP contribution in [-0.4, -0.2) is 6.29 Å². The van der Waals surface area contributed by atoms with E-state index in [1.54, 1.807) is 24.3 Å². The van der Waals surface area contributed by atoms with Gasteiger partial charge in [-0.25, -0.2) is 0 Å². The summed E-state index contributed by atoms with van der Waals surface area (Å²) in [7, 11) is 0. The number of hydrogen-bond acceptors (Lipinski definition) is 2. The Balaban J connectivity index is 2.96. The molecule has 0 aliphatic heterocycles. The Morgan fingerprint density at radius 3 is 2.75 bits per heavy atom. The van der Waals surface area contributed by atoms with Gasteiger partial charge in [0.1, 0.15) is 6.29 Å². The topological polar surface area (TPSA) is 43.1 Å². The van der Waals surface area contributed by atoms with Crippen molar-refractivity contribution in [2.45, 2.75) is 0 Å². The second-order valence-electron chi connectivity index (χ2n) is 2.28. The monoisotopic (exact) mass is 181 g/mol. The summed E-state index contributed by atoms with van der Waals surface area (Å²) in [6, 6.07) is 5.20. The first-order valence-electron chi connectivity index (χ1n) is 3.41. The molecule has 1 rings (SSSR count).